The molecule has 0 fully saturated rings. The Morgan fingerprint density at radius 3 is 2.33 bits per heavy atom. The van der Waals surface area contributed by atoms with Crippen LogP contribution in [0.25, 0.3) is 0 Å². The average molecular weight is 128 g/mol. The summed E-state index contributed by atoms with van der Waals surface area (Å²) in [5, 5.41) is 3.13. The molecule has 0 saturated heterocycles. The Bertz CT molecular complexity index is 89.6. The maximum absolute atomic E-state index is 4.02. The minimum Gasteiger partial charge on any atom is -0.372 e. The van der Waals surface area contributed by atoms with Crippen LogP contribution in [0.15, 0.2) is 4.99 Å². The Morgan fingerprint density at radius 2 is 2.00 bits per heavy atom. The third-order valence-electron chi connectivity index (χ3n) is 0.771. The van der Waals surface area contributed by atoms with Crippen molar-refractivity contribution in [1.29, 1.82) is 0 Å². The molecule has 0 aromatic heterocycles. The summed E-state index contributed by atoms with van der Waals surface area (Å²) in [6.07, 6.45) is 1.76. The molecule has 0 saturated carbocycles. The second-order valence-electron chi connectivity index (χ2n) is 3.02. The number of hydrogen-bond acceptors (Lipinski definition) is 1. The van der Waals surface area contributed by atoms with E-state index in [2.05, 4.69) is 31.1 Å². The highest BCUT2D eigenvalue weighted by atomic mass is 15.0. The first-order valence-electron chi connectivity index (χ1n) is 3.32. The van der Waals surface area contributed by atoms with E-state index in [0.717, 1.165) is 6.54 Å². The molecule has 0 bridgehead atoms. The highest BCUT2D eigenvalue weighted by Gasteiger charge is 2.04. The number of nitrogens with zero attached hydrogens (tertiary/aromatic N) is 1. The van der Waals surface area contributed by atoms with Gasteiger partial charge in [-0.05, 0) is 27.7 Å². The van der Waals surface area contributed by atoms with Crippen LogP contribution in [-0.4, -0.2) is 18.4 Å². The molecule has 9 heavy (non-hydrogen) atoms. The summed E-state index contributed by atoms with van der Waals surface area (Å²) in [4.78, 5) is 4.02. The SMILES string of the molecule is CCN=CNC(C)(C)C. The van der Waals surface area contributed by atoms with Gasteiger partial charge in [-0.15, -0.1) is 0 Å². The molecule has 0 aliphatic heterocycles. The molecular formula is C7H16N2. The van der Waals surface area contributed by atoms with Gasteiger partial charge in [-0.1, -0.05) is 0 Å². The predicted octanol–water partition coefficient (Wildman–Crippen LogP) is 1.42. The van der Waals surface area contributed by atoms with E-state index in [1.807, 2.05) is 6.92 Å². The molecule has 0 spiro atoms. The van der Waals surface area contributed by atoms with Crippen molar-refractivity contribution >= 4 is 6.34 Å². The fourth-order valence-corrected chi connectivity index (χ4v) is 0.331. The molecule has 2 nitrogen and oxygen atoms in total. The molecule has 0 atom stereocenters. The topological polar surface area (TPSA) is 24.4 Å². The molecule has 0 aromatic carbocycles. The first kappa shape index (κ1) is 8.47. The summed E-state index contributed by atoms with van der Waals surface area (Å²) in [5.74, 6) is 0. The van der Waals surface area contributed by atoms with E-state index in [1.54, 1.807) is 6.34 Å². The lowest BCUT2D eigenvalue weighted by molar-refractivity contribution is 0.517. The standard InChI is InChI=1S/C7H16N2/c1-5-8-6-9-7(2,3)4/h6H,5H2,1-4H3,(H,8,9). The van der Waals surface area contributed by atoms with E-state index in [-0.39, 0.29) is 5.54 Å². The van der Waals surface area contributed by atoms with Crippen molar-refractivity contribution in [2.75, 3.05) is 6.54 Å². The van der Waals surface area contributed by atoms with E-state index < -0.39 is 0 Å². The zero-order chi connectivity index (χ0) is 7.33. The average Bonchev–Trinajstić information content (AvgIpc) is 1.63. The lowest BCUT2D eigenvalue weighted by atomic mass is 10.1. The van der Waals surface area contributed by atoms with Gasteiger partial charge in [0.25, 0.3) is 0 Å². The largest absolute Gasteiger partial charge is 0.372 e. The molecule has 54 valence electrons. The van der Waals surface area contributed by atoms with Crippen molar-refractivity contribution in [3.63, 3.8) is 0 Å². The van der Waals surface area contributed by atoms with E-state index in [0.29, 0.717) is 0 Å². The molecule has 1 N–H and O–H groups in total. The van der Waals surface area contributed by atoms with Gasteiger partial charge in [0.2, 0.25) is 0 Å². The zero-order valence-corrected chi connectivity index (χ0v) is 6.73. The molecule has 0 aliphatic rings. The van der Waals surface area contributed by atoms with Crippen LogP contribution in [-0.2, 0) is 0 Å². The smallest absolute Gasteiger partial charge is 0.0827 e. The van der Waals surface area contributed by atoms with E-state index in [1.165, 1.54) is 0 Å². The molecule has 2 heteroatoms. The van der Waals surface area contributed by atoms with Gasteiger partial charge < -0.3 is 5.32 Å². The molecular weight excluding hydrogens is 112 g/mol. The summed E-state index contributed by atoms with van der Waals surface area (Å²) in [6, 6.07) is 0. The van der Waals surface area contributed by atoms with Gasteiger partial charge in [0.15, 0.2) is 0 Å². The Labute approximate surface area is 57.4 Å². The maximum atomic E-state index is 4.02. The van der Waals surface area contributed by atoms with Crippen molar-refractivity contribution in [1.82, 2.24) is 5.32 Å². The normalized spacial score (nSPS) is 12.4. The van der Waals surface area contributed by atoms with E-state index >= 15 is 0 Å². The highest BCUT2D eigenvalue weighted by molar-refractivity contribution is 5.55. The minimum absolute atomic E-state index is 0.151. The van der Waals surface area contributed by atoms with Crippen molar-refractivity contribution in [2.45, 2.75) is 33.2 Å². The minimum atomic E-state index is 0.151. The fourth-order valence-electron chi connectivity index (χ4n) is 0.331. The maximum Gasteiger partial charge on any atom is 0.0827 e. The van der Waals surface area contributed by atoms with Crippen molar-refractivity contribution in [3.8, 4) is 0 Å². The van der Waals surface area contributed by atoms with Gasteiger partial charge in [-0.2, -0.15) is 0 Å². The molecule has 0 unspecified atom stereocenters. The van der Waals surface area contributed by atoms with Gasteiger partial charge in [-0.3, -0.25) is 4.99 Å². The second kappa shape index (κ2) is 3.49. The third-order valence-corrected chi connectivity index (χ3v) is 0.771. The van der Waals surface area contributed by atoms with Crippen LogP contribution in [0.2, 0.25) is 0 Å². The molecule has 0 amide bonds. The summed E-state index contributed by atoms with van der Waals surface area (Å²) >= 11 is 0. The van der Waals surface area contributed by atoms with Crippen LogP contribution in [0.3, 0.4) is 0 Å². The van der Waals surface area contributed by atoms with Crippen molar-refractivity contribution < 1.29 is 0 Å². The third kappa shape index (κ3) is 7.47. The van der Waals surface area contributed by atoms with Gasteiger partial charge in [0.05, 0.1) is 6.34 Å². The monoisotopic (exact) mass is 128 g/mol. The lowest BCUT2D eigenvalue weighted by Gasteiger charge is -2.17. The van der Waals surface area contributed by atoms with Gasteiger partial charge in [0.1, 0.15) is 0 Å². The van der Waals surface area contributed by atoms with Crippen molar-refractivity contribution in [2.24, 2.45) is 4.99 Å². The summed E-state index contributed by atoms with van der Waals surface area (Å²) in [6.45, 7) is 9.18. The van der Waals surface area contributed by atoms with Crippen LogP contribution in [0, 0.1) is 0 Å². The first-order chi connectivity index (χ1) is 4.06. The Balaban J connectivity index is 3.38. The van der Waals surface area contributed by atoms with Crippen LogP contribution in [0.4, 0.5) is 0 Å². The van der Waals surface area contributed by atoms with Gasteiger partial charge in [0, 0.05) is 12.1 Å². The van der Waals surface area contributed by atoms with Crippen LogP contribution < -0.4 is 5.32 Å². The second-order valence-corrected chi connectivity index (χ2v) is 3.02. The Kier molecular flexibility index (Phi) is 3.28. The molecule has 0 aromatic rings. The van der Waals surface area contributed by atoms with Crippen LogP contribution in [0.1, 0.15) is 27.7 Å². The number of rotatable bonds is 2. The fraction of sp³-hybridized carbons (Fsp3) is 0.857. The highest BCUT2D eigenvalue weighted by Crippen LogP contribution is 1.95. The number of nitrogens with one attached hydrogen (secondary N) is 1. The van der Waals surface area contributed by atoms with E-state index in [9.17, 15) is 0 Å². The van der Waals surface area contributed by atoms with Crippen LogP contribution >= 0.6 is 0 Å². The summed E-state index contributed by atoms with van der Waals surface area (Å²) in [5.41, 5.74) is 0.151. The van der Waals surface area contributed by atoms with Gasteiger partial charge in [-0.25, -0.2) is 0 Å². The van der Waals surface area contributed by atoms with E-state index in [4.69, 9.17) is 0 Å². The predicted molar refractivity (Wildman–Crippen MR) is 41.9 cm³/mol. The molecule has 0 aliphatic carbocycles. The zero-order valence-electron chi connectivity index (χ0n) is 6.73. The van der Waals surface area contributed by atoms with Crippen LogP contribution in [0.5, 0.6) is 0 Å². The van der Waals surface area contributed by atoms with Crippen molar-refractivity contribution in [3.05, 3.63) is 0 Å². The quantitative estimate of drug-likeness (QED) is 0.441. The molecule has 0 radical (unpaired) electrons. The molecule has 0 heterocycles. The lowest BCUT2D eigenvalue weighted by Crippen LogP contribution is -2.34. The summed E-state index contributed by atoms with van der Waals surface area (Å²) in [7, 11) is 0. The summed E-state index contributed by atoms with van der Waals surface area (Å²) < 4.78 is 0. The Hall–Kier alpha value is -0.530. The molecule has 0 rings (SSSR count). The number of hydrogen-bond donors (Lipinski definition) is 1. The van der Waals surface area contributed by atoms with Gasteiger partial charge >= 0.3 is 0 Å². The number of aliphatic imine (C=N–C) groups is 1. The Morgan fingerprint density at radius 1 is 1.44 bits per heavy atom. The first-order valence-corrected chi connectivity index (χ1v) is 3.32.